The normalized spacial score (nSPS) is 12.3. The molecule has 1 heterocycles. The lowest BCUT2D eigenvalue weighted by Crippen LogP contribution is -2.25. The highest BCUT2D eigenvalue weighted by Crippen LogP contribution is 2.35. The van der Waals surface area contributed by atoms with Crippen LogP contribution < -0.4 is 10.9 Å². The summed E-state index contributed by atoms with van der Waals surface area (Å²) in [5, 5.41) is 1.41. The molecule has 0 saturated carbocycles. The molecule has 0 aliphatic heterocycles. The summed E-state index contributed by atoms with van der Waals surface area (Å²) in [6, 6.07) is 5.72. The maximum absolute atomic E-state index is 13.0. The summed E-state index contributed by atoms with van der Waals surface area (Å²) in [5.41, 5.74) is -1.72. The standard InChI is InChI=1S/C17H16F3N3O4S/c1-9(15(26)22-12-6-4-3-5-11(12)17(18,19)20)28-16-21-10(7-13(24)23-16)8-14(25)27-2/h3-7,9H,8H2,1-2H3,(H,22,26)(H,21,23,24)/t9-/m1/s1. The summed E-state index contributed by atoms with van der Waals surface area (Å²) < 4.78 is 43.6. The number of H-pyrrole nitrogens is 1. The molecule has 1 amide bonds. The molecule has 0 bridgehead atoms. The molecule has 2 N–H and O–H groups in total. The summed E-state index contributed by atoms with van der Waals surface area (Å²) in [4.78, 5) is 41.8. The second-order valence-electron chi connectivity index (χ2n) is 5.59. The first-order valence-corrected chi connectivity index (χ1v) is 8.79. The zero-order valence-corrected chi connectivity index (χ0v) is 15.6. The maximum Gasteiger partial charge on any atom is 0.418 e. The number of carbonyl (C=O) groups is 2. The number of amides is 1. The van der Waals surface area contributed by atoms with Crippen LogP contribution in [0.15, 0.2) is 40.3 Å². The van der Waals surface area contributed by atoms with Gasteiger partial charge in [-0.3, -0.25) is 14.4 Å². The number of aromatic nitrogens is 2. The number of methoxy groups -OCH3 is 1. The van der Waals surface area contributed by atoms with E-state index in [1.165, 1.54) is 26.2 Å². The van der Waals surface area contributed by atoms with E-state index < -0.39 is 34.4 Å². The Kier molecular flexibility index (Phi) is 6.84. The van der Waals surface area contributed by atoms with Crippen LogP contribution in [0.2, 0.25) is 0 Å². The van der Waals surface area contributed by atoms with Crippen molar-refractivity contribution in [3.05, 3.63) is 51.9 Å². The first kappa shape index (κ1) is 21.5. The molecule has 1 aromatic heterocycles. The largest absolute Gasteiger partial charge is 0.469 e. The van der Waals surface area contributed by atoms with Crippen molar-refractivity contribution in [2.75, 3.05) is 12.4 Å². The zero-order chi connectivity index (χ0) is 20.9. The molecule has 0 saturated heterocycles. The van der Waals surface area contributed by atoms with E-state index in [-0.39, 0.29) is 23.0 Å². The molecule has 7 nitrogen and oxygen atoms in total. The van der Waals surface area contributed by atoms with Crippen LogP contribution in [0.5, 0.6) is 0 Å². The summed E-state index contributed by atoms with van der Waals surface area (Å²) in [6.45, 7) is 1.45. The van der Waals surface area contributed by atoms with E-state index in [0.717, 1.165) is 30.0 Å². The second-order valence-corrected chi connectivity index (χ2v) is 6.92. The lowest BCUT2D eigenvalue weighted by atomic mass is 10.1. The van der Waals surface area contributed by atoms with Crippen molar-refractivity contribution in [3.63, 3.8) is 0 Å². The van der Waals surface area contributed by atoms with Crippen LogP contribution in [0.4, 0.5) is 18.9 Å². The minimum absolute atomic E-state index is 0.0539. The molecule has 1 atom stereocenters. The molecular formula is C17H16F3N3O4S. The molecule has 0 radical (unpaired) electrons. The summed E-state index contributed by atoms with van der Waals surface area (Å²) in [7, 11) is 1.19. The summed E-state index contributed by atoms with van der Waals surface area (Å²) >= 11 is 0.835. The van der Waals surface area contributed by atoms with Crippen molar-refractivity contribution in [2.24, 2.45) is 0 Å². The fourth-order valence-corrected chi connectivity index (χ4v) is 2.97. The van der Waals surface area contributed by atoms with Gasteiger partial charge < -0.3 is 15.0 Å². The number of rotatable bonds is 6. The van der Waals surface area contributed by atoms with Crippen LogP contribution in [0.25, 0.3) is 0 Å². The van der Waals surface area contributed by atoms with E-state index in [4.69, 9.17) is 0 Å². The quantitative estimate of drug-likeness (QED) is 0.427. The van der Waals surface area contributed by atoms with E-state index in [1.54, 1.807) is 0 Å². The van der Waals surface area contributed by atoms with Crippen molar-refractivity contribution < 1.29 is 27.5 Å². The monoisotopic (exact) mass is 415 g/mol. The smallest absolute Gasteiger partial charge is 0.418 e. The van der Waals surface area contributed by atoms with Crippen LogP contribution in [0, 0.1) is 0 Å². The van der Waals surface area contributed by atoms with Gasteiger partial charge in [0.05, 0.1) is 35.7 Å². The summed E-state index contributed by atoms with van der Waals surface area (Å²) in [6.07, 6.45) is -4.84. The van der Waals surface area contributed by atoms with Crippen LogP contribution >= 0.6 is 11.8 Å². The van der Waals surface area contributed by atoms with Crippen molar-refractivity contribution in [2.45, 2.75) is 29.9 Å². The fraction of sp³-hybridized carbons (Fsp3) is 0.294. The highest BCUT2D eigenvalue weighted by atomic mass is 32.2. The zero-order valence-electron chi connectivity index (χ0n) is 14.8. The van der Waals surface area contributed by atoms with E-state index in [1.807, 2.05) is 0 Å². The number of hydrogen-bond donors (Lipinski definition) is 2. The van der Waals surface area contributed by atoms with E-state index in [2.05, 4.69) is 20.0 Å². The van der Waals surface area contributed by atoms with Gasteiger partial charge >= 0.3 is 12.1 Å². The number of thioether (sulfide) groups is 1. The van der Waals surface area contributed by atoms with Gasteiger partial charge in [-0.15, -0.1) is 0 Å². The maximum atomic E-state index is 13.0. The minimum Gasteiger partial charge on any atom is -0.469 e. The van der Waals surface area contributed by atoms with E-state index in [0.29, 0.717) is 0 Å². The van der Waals surface area contributed by atoms with Crippen molar-refractivity contribution >= 4 is 29.3 Å². The third-order valence-electron chi connectivity index (χ3n) is 3.47. The number of hydrogen-bond acceptors (Lipinski definition) is 6. The number of nitrogens with zero attached hydrogens (tertiary/aromatic N) is 1. The van der Waals surface area contributed by atoms with Gasteiger partial charge in [0, 0.05) is 6.07 Å². The van der Waals surface area contributed by atoms with Gasteiger partial charge in [-0.25, -0.2) is 4.98 Å². The molecule has 28 heavy (non-hydrogen) atoms. The lowest BCUT2D eigenvalue weighted by Gasteiger charge is -2.16. The second kappa shape index (κ2) is 8.91. The molecule has 150 valence electrons. The number of alkyl halides is 3. The van der Waals surface area contributed by atoms with Gasteiger partial charge in [0.15, 0.2) is 5.16 Å². The Labute approximate surface area is 161 Å². The third-order valence-corrected chi connectivity index (χ3v) is 4.46. The molecule has 0 aliphatic rings. The Morgan fingerprint density at radius 1 is 1.32 bits per heavy atom. The van der Waals surface area contributed by atoms with Gasteiger partial charge in [0.2, 0.25) is 5.91 Å². The predicted octanol–water partition coefficient (Wildman–Crippen LogP) is 2.62. The number of ether oxygens (including phenoxy) is 1. The lowest BCUT2D eigenvalue weighted by molar-refractivity contribution is -0.140. The van der Waals surface area contributed by atoms with Crippen molar-refractivity contribution in [1.82, 2.24) is 9.97 Å². The molecule has 0 aliphatic carbocycles. The minimum atomic E-state index is -4.62. The van der Waals surface area contributed by atoms with Crippen LogP contribution in [-0.4, -0.2) is 34.2 Å². The molecule has 1 aromatic carbocycles. The van der Waals surface area contributed by atoms with Gasteiger partial charge in [-0.2, -0.15) is 13.2 Å². The van der Waals surface area contributed by atoms with Crippen LogP contribution in [0.3, 0.4) is 0 Å². The number of esters is 1. The molecule has 0 spiro atoms. The Hall–Kier alpha value is -2.82. The number of benzene rings is 1. The SMILES string of the molecule is COC(=O)Cc1cc(=O)[nH]c(S[C@H](C)C(=O)Nc2ccccc2C(F)(F)F)n1. The highest BCUT2D eigenvalue weighted by Gasteiger charge is 2.34. The topological polar surface area (TPSA) is 101 Å². The number of halogens is 3. The van der Waals surface area contributed by atoms with Gasteiger partial charge in [0.25, 0.3) is 5.56 Å². The molecule has 11 heteroatoms. The molecular weight excluding hydrogens is 399 g/mol. The third kappa shape index (κ3) is 5.84. The van der Waals surface area contributed by atoms with Crippen molar-refractivity contribution in [3.8, 4) is 0 Å². The molecule has 2 rings (SSSR count). The average Bonchev–Trinajstić information content (AvgIpc) is 2.60. The molecule has 2 aromatic rings. The number of nitrogens with one attached hydrogen (secondary N) is 2. The predicted molar refractivity (Wildman–Crippen MR) is 96.0 cm³/mol. The first-order chi connectivity index (χ1) is 13.1. The Bertz CT molecular complexity index is 930. The number of para-hydroxylation sites is 1. The Morgan fingerprint density at radius 2 is 2.00 bits per heavy atom. The molecule has 0 unspecified atom stereocenters. The van der Waals surface area contributed by atoms with Gasteiger partial charge in [-0.1, -0.05) is 23.9 Å². The first-order valence-electron chi connectivity index (χ1n) is 7.91. The number of anilines is 1. The van der Waals surface area contributed by atoms with Crippen LogP contribution in [-0.2, 0) is 26.9 Å². The number of carbonyl (C=O) groups excluding carboxylic acids is 2. The fourth-order valence-electron chi connectivity index (χ4n) is 2.14. The van der Waals surface area contributed by atoms with Gasteiger partial charge in [-0.05, 0) is 19.1 Å². The Morgan fingerprint density at radius 3 is 2.64 bits per heavy atom. The van der Waals surface area contributed by atoms with Crippen LogP contribution in [0.1, 0.15) is 18.2 Å². The number of aromatic amines is 1. The van der Waals surface area contributed by atoms with E-state index >= 15 is 0 Å². The van der Waals surface area contributed by atoms with Crippen molar-refractivity contribution in [1.29, 1.82) is 0 Å². The van der Waals surface area contributed by atoms with E-state index in [9.17, 15) is 27.6 Å². The highest BCUT2D eigenvalue weighted by molar-refractivity contribution is 8.00. The van der Waals surface area contributed by atoms with Gasteiger partial charge in [0.1, 0.15) is 0 Å². The Balaban J connectivity index is 2.13. The summed E-state index contributed by atoms with van der Waals surface area (Å²) in [5.74, 6) is -1.30. The molecule has 0 fully saturated rings. The average molecular weight is 415 g/mol.